The third-order valence-electron chi connectivity index (χ3n) is 5.92. The summed E-state index contributed by atoms with van der Waals surface area (Å²) in [4.78, 5) is 25.4. The van der Waals surface area contributed by atoms with Gasteiger partial charge >= 0.3 is 0 Å². The molecule has 1 aromatic carbocycles. The number of hydrogen-bond donors (Lipinski definition) is 0. The van der Waals surface area contributed by atoms with E-state index in [2.05, 4.69) is 16.0 Å². The lowest BCUT2D eigenvalue weighted by Gasteiger charge is -2.27. The average Bonchev–Trinajstić information content (AvgIpc) is 3.21. The molecule has 2 aromatic rings. The molecule has 1 amide bonds. The maximum atomic E-state index is 11.6. The van der Waals surface area contributed by atoms with Crippen molar-refractivity contribution >= 4 is 5.91 Å². The number of aromatic nitrogens is 2. The highest BCUT2D eigenvalue weighted by molar-refractivity contribution is 5.73. The number of ether oxygens (including phenoxy) is 2. The number of benzene rings is 1. The van der Waals surface area contributed by atoms with Gasteiger partial charge in [-0.2, -0.15) is 0 Å². The molecule has 0 radical (unpaired) electrons. The first-order valence-electron chi connectivity index (χ1n) is 10.1. The molecule has 1 saturated heterocycles. The van der Waals surface area contributed by atoms with Gasteiger partial charge < -0.3 is 14.4 Å². The minimum atomic E-state index is 0.111. The van der Waals surface area contributed by atoms with Crippen molar-refractivity contribution < 1.29 is 14.3 Å². The standard InChI is InChI=1S/C22H28N4O3/c1-15(27)26-9-7-20-18(14-26)11-23-22(24-20)17-6-8-25(13-17)12-16-4-5-19(28-2)10-21(16)29-3/h4-5,10-11,17H,6-9,12-14H2,1-3H3. The van der Waals surface area contributed by atoms with Crippen molar-refractivity contribution in [1.29, 1.82) is 0 Å². The molecular formula is C22H28N4O3. The fraction of sp³-hybridized carbons (Fsp3) is 0.500. The molecule has 1 atom stereocenters. The Morgan fingerprint density at radius 2 is 2.10 bits per heavy atom. The number of hydrogen-bond acceptors (Lipinski definition) is 6. The predicted molar refractivity (Wildman–Crippen MR) is 109 cm³/mol. The first kappa shape index (κ1) is 19.6. The molecule has 0 bridgehead atoms. The molecule has 0 N–H and O–H groups in total. The zero-order valence-corrected chi connectivity index (χ0v) is 17.4. The molecule has 2 aliphatic rings. The minimum Gasteiger partial charge on any atom is -0.497 e. The zero-order chi connectivity index (χ0) is 20.4. The minimum absolute atomic E-state index is 0.111. The summed E-state index contributed by atoms with van der Waals surface area (Å²) in [6.45, 7) is 5.77. The van der Waals surface area contributed by atoms with Crippen molar-refractivity contribution in [3.8, 4) is 11.5 Å². The van der Waals surface area contributed by atoms with E-state index in [1.807, 2.05) is 23.2 Å². The third-order valence-corrected chi connectivity index (χ3v) is 5.92. The zero-order valence-electron chi connectivity index (χ0n) is 17.4. The van der Waals surface area contributed by atoms with Crippen LogP contribution in [0.1, 0.15) is 41.9 Å². The second-order valence-corrected chi connectivity index (χ2v) is 7.79. The summed E-state index contributed by atoms with van der Waals surface area (Å²) < 4.78 is 10.8. The highest BCUT2D eigenvalue weighted by atomic mass is 16.5. The molecule has 0 spiro atoms. The normalized spacial score (nSPS) is 19.1. The van der Waals surface area contributed by atoms with Gasteiger partial charge in [-0.25, -0.2) is 9.97 Å². The summed E-state index contributed by atoms with van der Waals surface area (Å²) in [5.74, 6) is 3.04. The number of likely N-dealkylation sites (tertiary alicyclic amines) is 1. The first-order valence-corrected chi connectivity index (χ1v) is 10.1. The molecule has 1 aromatic heterocycles. The Balaban J connectivity index is 1.42. The van der Waals surface area contributed by atoms with Gasteiger partial charge in [0.2, 0.25) is 5.91 Å². The molecule has 2 aliphatic heterocycles. The SMILES string of the molecule is COc1ccc(CN2CCC(c3ncc4c(n3)CCN(C(C)=O)C4)C2)c(OC)c1. The van der Waals surface area contributed by atoms with Gasteiger partial charge in [-0.1, -0.05) is 6.07 Å². The highest BCUT2D eigenvalue weighted by Gasteiger charge is 2.28. The van der Waals surface area contributed by atoms with E-state index in [4.69, 9.17) is 14.5 Å². The quantitative estimate of drug-likeness (QED) is 0.773. The monoisotopic (exact) mass is 396 g/mol. The van der Waals surface area contributed by atoms with E-state index in [1.54, 1.807) is 21.1 Å². The topological polar surface area (TPSA) is 67.8 Å². The van der Waals surface area contributed by atoms with E-state index in [9.17, 15) is 4.79 Å². The van der Waals surface area contributed by atoms with Gasteiger partial charge in [-0.3, -0.25) is 9.69 Å². The van der Waals surface area contributed by atoms with Gasteiger partial charge in [-0.15, -0.1) is 0 Å². The summed E-state index contributed by atoms with van der Waals surface area (Å²) in [6.07, 6.45) is 3.78. The van der Waals surface area contributed by atoms with E-state index >= 15 is 0 Å². The van der Waals surface area contributed by atoms with E-state index < -0.39 is 0 Å². The van der Waals surface area contributed by atoms with Crippen molar-refractivity contribution in [2.24, 2.45) is 0 Å². The number of carbonyl (C=O) groups excluding carboxylic acids is 1. The lowest BCUT2D eigenvalue weighted by molar-refractivity contribution is -0.129. The summed E-state index contributed by atoms with van der Waals surface area (Å²) in [5.41, 5.74) is 3.33. The maximum absolute atomic E-state index is 11.6. The van der Waals surface area contributed by atoms with Crippen LogP contribution in [-0.4, -0.2) is 59.5 Å². The van der Waals surface area contributed by atoms with Crippen LogP contribution in [0.5, 0.6) is 11.5 Å². The van der Waals surface area contributed by atoms with Gasteiger partial charge in [0, 0.05) is 68.8 Å². The molecule has 7 heteroatoms. The van der Waals surface area contributed by atoms with Crippen LogP contribution in [0.3, 0.4) is 0 Å². The van der Waals surface area contributed by atoms with Crippen LogP contribution in [0.4, 0.5) is 0 Å². The van der Waals surface area contributed by atoms with Crippen molar-refractivity contribution in [3.05, 3.63) is 47.0 Å². The lowest BCUT2D eigenvalue weighted by atomic mass is 10.0. The van der Waals surface area contributed by atoms with Gasteiger partial charge in [0.1, 0.15) is 17.3 Å². The van der Waals surface area contributed by atoms with Crippen molar-refractivity contribution in [2.75, 3.05) is 33.9 Å². The van der Waals surface area contributed by atoms with Gasteiger partial charge in [-0.05, 0) is 19.0 Å². The van der Waals surface area contributed by atoms with Crippen molar-refractivity contribution in [3.63, 3.8) is 0 Å². The average molecular weight is 396 g/mol. The molecule has 7 nitrogen and oxygen atoms in total. The molecule has 4 rings (SSSR count). The van der Waals surface area contributed by atoms with Crippen molar-refractivity contribution in [1.82, 2.24) is 19.8 Å². The van der Waals surface area contributed by atoms with Crippen LogP contribution in [0.25, 0.3) is 0 Å². The Labute approximate surface area is 171 Å². The molecule has 0 saturated carbocycles. The molecular weight excluding hydrogens is 368 g/mol. The fourth-order valence-electron chi connectivity index (χ4n) is 4.21. The number of carbonyl (C=O) groups is 1. The summed E-state index contributed by atoms with van der Waals surface area (Å²) in [7, 11) is 3.36. The summed E-state index contributed by atoms with van der Waals surface area (Å²) >= 11 is 0. The smallest absolute Gasteiger partial charge is 0.219 e. The highest BCUT2D eigenvalue weighted by Crippen LogP contribution is 2.30. The fourth-order valence-corrected chi connectivity index (χ4v) is 4.21. The molecule has 1 unspecified atom stereocenters. The Morgan fingerprint density at radius 3 is 2.86 bits per heavy atom. The molecule has 3 heterocycles. The van der Waals surface area contributed by atoms with Crippen LogP contribution in [0.15, 0.2) is 24.4 Å². The second-order valence-electron chi connectivity index (χ2n) is 7.79. The Hall–Kier alpha value is -2.67. The van der Waals surface area contributed by atoms with Gasteiger partial charge in [0.05, 0.1) is 19.9 Å². The summed E-state index contributed by atoms with van der Waals surface area (Å²) in [6, 6.07) is 5.98. The van der Waals surface area contributed by atoms with Crippen LogP contribution in [0, 0.1) is 0 Å². The number of rotatable bonds is 5. The maximum Gasteiger partial charge on any atom is 0.219 e. The first-order chi connectivity index (χ1) is 14.1. The second kappa shape index (κ2) is 8.37. The Morgan fingerprint density at radius 1 is 1.24 bits per heavy atom. The Bertz CT molecular complexity index is 902. The number of fused-ring (bicyclic) bond motifs is 1. The largest absolute Gasteiger partial charge is 0.497 e. The van der Waals surface area contributed by atoms with Crippen LogP contribution in [-0.2, 0) is 24.3 Å². The summed E-state index contributed by atoms with van der Waals surface area (Å²) in [5, 5.41) is 0. The number of nitrogens with zero attached hydrogens (tertiary/aromatic N) is 4. The number of methoxy groups -OCH3 is 2. The number of amides is 1. The predicted octanol–water partition coefficient (Wildman–Crippen LogP) is 2.39. The van der Waals surface area contributed by atoms with E-state index in [1.165, 1.54) is 0 Å². The van der Waals surface area contributed by atoms with Crippen LogP contribution < -0.4 is 9.47 Å². The van der Waals surface area contributed by atoms with Crippen LogP contribution in [0.2, 0.25) is 0 Å². The molecule has 29 heavy (non-hydrogen) atoms. The van der Waals surface area contributed by atoms with E-state index in [0.717, 1.165) is 73.2 Å². The van der Waals surface area contributed by atoms with E-state index in [0.29, 0.717) is 12.5 Å². The van der Waals surface area contributed by atoms with Gasteiger partial charge in [0.25, 0.3) is 0 Å². The van der Waals surface area contributed by atoms with E-state index in [-0.39, 0.29) is 5.91 Å². The molecule has 154 valence electrons. The molecule has 0 aliphatic carbocycles. The van der Waals surface area contributed by atoms with Crippen LogP contribution >= 0.6 is 0 Å². The molecule has 1 fully saturated rings. The van der Waals surface area contributed by atoms with Gasteiger partial charge in [0.15, 0.2) is 0 Å². The van der Waals surface area contributed by atoms with Crippen molar-refractivity contribution in [2.45, 2.75) is 38.8 Å². The lowest BCUT2D eigenvalue weighted by Crippen LogP contribution is -2.35. The Kier molecular flexibility index (Phi) is 5.67. The third kappa shape index (κ3) is 4.19.